The predicted octanol–water partition coefficient (Wildman–Crippen LogP) is 0.0814. The van der Waals surface area contributed by atoms with Crippen LogP contribution in [0.3, 0.4) is 0 Å². The Hall–Kier alpha value is -1.36. The minimum Gasteiger partial charge on any atom is -0.283 e. The van der Waals surface area contributed by atoms with Crippen molar-refractivity contribution in [3.05, 3.63) is 28.2 Å². The lowest BCUT2D eigenvalue weighted by molar-refractivity contribution is 0.764. The zero-order valence-corrected chi connectivity index (χ0v) is 6.99. The van der Waals surface area contributed by atoms with E-state index in [1.165, 1.54) is 21.6 Å². The van der Waals surface area contributed by atoms with Crippen LogP contribution in [0.2, 0.25) is 5.28 Å². The second kappa shape index (κ2) is 2.31. The minimum absolute atomic E-state index is 0.144. The molecule has 0 spiro atoms. The average Bonchev–Trinajstić information content (AvgIpc) is 2.48. The second-order valence-corrected chi connectivity index (χ2v) is 2.69. The molecule has 62 valence electrons. The molecule has 2 aromatic heterocycles. The summed E-state index contributed by atoms with van der Waals surface area (Å²) in [6.07, 6.45) is 2.88. The highest BCUT2D eigenvalue weighted by molar-refractivity contribution is 6.28. The largest absolute Gasteiger partial charge is 0.283 e. The number of hydrogen-bond donors (Lipinski definition) is 0. The van der Waals surface area contributed by atoms with Crippen molar-refractivity contribution in [1.29, 1.82) is 0 Å². The second-order valence-electron chi connectivity index (χ2n) is 2.36. The quantitative estimate of drug-likeness (QED) is 0.583. The molecule has 0 saturated heterocycles. The van der Waals surface area contributed by atoms with Gasteiger partial charge in [-0.2, -0.15) is 0 Å². The number of imidazole rings is 1. The van der Waals surface area contributed by atoms with Crippen molar-refractivity contribution >= 4 is 17.1 Å². The van der Waals surface area contributed by atoms with E-state index in [0.29, 0.717) is 5.52 Å². The van der Waals surface area contributed by atoms with Crippen molar-refractivity contribution in [2.75, 3.05) is 0 Å². The van der Waals surface area contributed by atoms with E-state index in [1.807, 2.05) is 0 Å². The lowest BCUT2D eigenvalue weighted by Gasteiger charge is -1.99. The predicted molar refractivity (Wildman–Crippen MR) is 43.2 cm³/mol. The van der Waals surface area contributed by atoms with Gasteiger partial charge >= 0.3 is 0 Å². The van der Waals surface area contributed by atoms with Crippen molar-refractivity contribution < 1.29 is 0 Å². The molecule has 6 heteroatoms. The summed E-state index contributed by atoms with van der Waals surface area (Å²) in [4.78, 5) is 15.2. The Labute approximate surface area is 72.2 Å². The van der Waals surface area contributed by atoms with Crippen molar-refractivity contribution in [3.8, 4) is 0 Å². The van der Waals surface area contributed by atoms with E-state index in [0.717, 1.165) is 0 Å². The van der Waals surface area contributed by atoms with Gasteiger partial charge in [0.05, 0.1) is 6.20 Å². The third-order valence-corrected chi connectivity index (χ3v) is 1.94. The summed E-state index contributed by atoms with van der Waals surface area (Å²) in [5.74, 6) is 0. The van der Waals surface area contributed by atoms with E-state index in [4.69, 9.17) is 11.6 Å². The number of rotatable bonds is 0. The Morgan fingerprint density at radius 1 is 1.58 bits per heavy atom. The Bertz CT molecular complexity index is 486. The fourth-order valence-electron chi connectivity index (χ4n) is 0.933. The number of nitrogens with zero attached hydrogens (tertiary/aromatic N) is 4. The van der Waals surface area contributed by atoms with Crippen LogP contribution in [0, 0.1) is 0 Å². The number of hydrogen-bond acceptors (Lipinski definition) is 3. The first-order valence-corrected chi connectivity index (χ1v) is 3.63. The molecule has 0 aliphatic heterocycles. The van der Waals surface area contributed by atoms with E-state index < -0.39 is 0 Å². The standard InChI is InChI=1S/C6H5ClN4O/c1-10-5(12)4-2-8-3-11(4)9-6(10)7/h2-3H,1H3. The van der Waals surface area contributed by atoms with Crippen LogP contribution >= 0.6 is 11.6 Å². The maximum atomic E-state index is 11.4. The smallest absolute Gasteiger partial charge is 0.280 e. The Balaban J connectivity index is 3.05. The van der Waals surface area contributed by atoms with Gasteiger partial charge < -0.3 is 0 Å². The molecular formula is C6H5ClN4O. The molecule has 0 aliphatic rings. The average molecular weight is 185 g/mol. The molecule has 12 heavy (non-hydrogen) atoms. The molecule has 5 nitrogen and oxygen atoms in total. The first-order chi connectivity index (χ1) is 5.70. The van der Waals surface area contributed by atoms with Crippen LogP contribution in [0.15, 0.2) is 17.3 Å². The van der Waals surface area contributed by atoms with Gasteiger partial charge in [0, 0.05) is 7.05 Å². The first kappa shape index (κ1) is 7.30. The topological polar surface area (TPSA) is 52.2 Å². The number of aromatic nitrogens is 4. The molecule has 0 N–H and O–H groups in total. The van der Waals surface area contributed by atoms with E-state index in [2.05, 4.69) is 10.1 Å². The van der Waals surface area contributed by atoms with Gasteiger partial charge in [-0.25, -0.2) is 9.50 Å². The van der Waals surface area contributed by atoms with E-state index in [1.54, 1.807) is 7.05 Å². The molecule has 0 fully saturated rings. The number of fused-ring (bicyclic) bond motifs is 1. The normalized spacial score (nSPS) is 10.8. The lowest BCUT2D eigenvalue weighted by Crippen LogP contribution is -2.20. The Morgan fingerprint density at radius 3 is 3.08 bits per heavy atom. The molecular weight excluding hydrogens is 180 g/mol. The van der Waals surface area contributed by atoms with Crippen molar-refractivity contribution in [2.24, 2.45) is 7.05 Å². The molecule has 0 amide bonds. The molecule has 0 atom stereocenters. The molecule has 0 aromatic carbocycles. The maximum absolute atomic E-state index is 11.4. The molecule has 2 rings (SSSR count). The van der Waals surface area contributed by atoms with Crippen LogP contribution in [0.5, 0.6) is 0 Å². The van der Waals surface area contributed by atoms with Gasteiger partial charge in [0.1, 0.15) is 6.33 Å². The summed E-state index contributed by atoms with van der Waals surface area (Å²) in [5, 5.41) is 4.02. The first-order valence-electron chi connectivity index (χ1n) is 3.25. The van der Waals surface area contributed by atoms with Gasteiger partial charge in [-0.1, -0.05) is 0 Å². The van der Waals surface area contributed by atoms with Crippen LogP contribution < -0.4 is 5.56 Å². The summed E-state index contributed by atoms with van der Waals surface area (Å²) in [7, 11) is 1.56. The van der Waals surface area contributed by atoms with Gasteiger partial charge in [-0.05, 0) is 11.6 Å². The fraction of sp³-hybridized carbons (Fsp3) is 0.167. The van der Waals surface area contributed by atoms with Crippen molar-refractivity contribution in [3.63, 3.8) is 0 Å². The molecule has 0 radical (unpaired) electrons. The summed E-state index contributed by atoms with van der Waals surface area (Å²) < 4.78 is 2.61. The van der Waals surface area contributed by atoms with Crippen LogP contribution in [-0.4, -0.2) is 19.2 Å². The maximum Gasteiger partial charge on any atom is 0.280 e. The highest BCUT2D eigenvalue weighted by Gasteiger charge is 2.04. The summed E-state index contributed by atoms with van der Waals surface area (Å²) in [6, 6.07) is 0. The van der Waals surface area contributed by atoms with Gasteiger partial charge in [0.2, 0.25) is 5.28 Å². The van der Waals surface area contributed by atoms with E-state index in [9.17, 15) is 4.79 Å². The minimum atomic E-state index is -0.201. The van der Waals surface area contributed by atoms with Crippen LogP contribution in [-0.2, 0) is 7.05 Å². The van der Waals surface area contributed by atoms with Crippen LogP contribution in [0.25, 0.3) is 5.52 Å². The van der Waals surface area contributed by atoms with Gasteiger partial charge in [0.25, 0.3) is 5.56 Å². The summed E-state index contributed by atoms with van der Waals surface area (Å²) >= 11 is 5.65. The number of halogens is 1. The molecule has 0 bridgehead atoms. The highest BCUT2D eigenvalue weighted by atomic mass is 35.5. The van der Waals surface area contributed by atoms with Crippen molar-refractivity contribution in [1.82, 2.24) is 19.2 Å². The zero-order chi connectivity index (χ0) is 8.72. The third-order valence-electron chi connectivity index (χ3n) is 1.61. The summed E-state index contributed by atoms with van der Waals surface area (Å²) in [5.41, 5.74) is 0.217. The Morgan fingerprint density at radius 2 is 2.33 bits per heavy atom. The molecule has 0 saturated carbocycles. The monoisotopic (exact) mass is 184 g/mol. The molecule has 2 heterocycles. The van der Waals surface area contributed by atoms with E-state index >= 15 is 0 Å². The highest BCUT2D eigenvalue weighted by Crippen LogP contribution is 2.00. The van der Waals surface area contributed by atoms with E-state index in [-0.39, 0.29) is 10.8 Å². The third kappa shape index (κ3) is 0.831. The lowest BCUT2D eigenvalue weighted by atomic mass is 10.6. The SMILES string of the molecule is Cn1c(Cl)nn2cncc2c1=O. The fourth-order valence-corrected chi connectivity index (χ4v) is 1.09. The molecule has 0 aliphatic carbocycles. The zero-order valence-electron chi connectivity index (χ0n) is 6.23. The van der Waals surface area contributed by atoms with Crippen molar-refractivity contribution in [2.45, 2.75) is 0 Å². The molecule has 0 unspecified atom stereocenters. The molecule has 2 aromatic rings. The van der Waals surface area contributed by atoms with Gasteiger partial charge in [-0.15, -0.1) is 5.10 Å². The van der Waals surface area contributed by atoms with Gasteiger partial charge in [-0.3, -0.25) is 9.36 Å². The summed E-state index contributed by atoms with van der Waals surface area (Å²) in [6.45, 7) is 0. The van der Waals surface area contributed by atoms with Crippen LogP contribution in [0.4, 0.5) is 0 Å². The van der Waals surface area contributed by atoms with Gasteiger partial charge in [0.15, 0.2) is 5.52 Å². The van der Waals surface area contributed by atoms with Crippen LogP contribution in [0.1, 0.15) is 0 Å². The Kier molecular flexibility index (Phi) is 1.41.